The van der Waals surface area contributed by atoms with E-state index in [1.807, 2.05) is 24.3 Å². The first-order chi connectivity index (χ1) is 13.3. The van der Waals surface area contributed by atoms with Crippen LogP contribution in [0.2, 0.25) is 0 Å². The lowest BCUT2D eigenvalue weighted by Crippen LogP contribution is -2.35. The third-order valence-corrected chi connectivity index (χ3v) is 6.91. The number of fused-ring (bicyclic) bond motifs is 1. The van der Waals surface area contributed by atoms with Crippen LogP contribution in [0.4, 0.5) is 0 Å². The quantitative estimate of drug-likeness (QED) is 0.651. The molecule has 2 atom stereocenters. The number of benzene rings is 1. The molecular formula is C23H32N2O2. The largest absolute Gasteiger partial charge is 0.494 e. The Kier molecular flexibility index (Phi) is 4.85. The van der Waals surface area contributed by atoms with Crippen LogP contribution in [0.3, 0.4) is 0 Å². The number of rotatable bonds is 8. The minimum absolute atomic E-state index is 0.214. The second-order valence-corrected chi connectivity index (χ2v) is 9.11. The number of amides is 1. The summed E-state index contributed by atoms with van der Waals surface area (Å²) in [6.45, 7) is 4.52. The average molecular weight is 369 g/mol. The van der Waals surface area contributed by atoms with Crippen molar-refractivity contribution in [2.24, 2.45) is 11.8 Å². The first-order valence-corrected chi connectivity index (χ1v) is 11.1. The molecule has 4 heteroatoms. The van der Waals surface area contributed by atoms with Gasteiger partial charge in [0.1, 0.15) is 5.75 Å². The normalized spacial score (nSPS) is 27.6. The van der Waals surface area contributed by atoms with Crippen molar-refractivity contribution in [2.45, 2.75) is 63.5 Å². The zero-order valence-electron chi connectivity index (χ0n) is 16.3. The van der Waals surface area contributed by atoms with Crippen molar-refractivity contribution < 1.29 is 9.53 Å². The number of carbonyl (C=O) groups excluding carboxylic acids is 1. The van der Waals surface area contributed by atoms with E-state index >= 15 is 0 Å². The standard InChI is InChI=1S/C23H32N2O2/c26-23(25(20-7-8-20)21-9-10-21)17-5-11-22(12-6-17)27-14-2-13-24-15-18-3-1-4-19(18)16-24/h5-6,11-12,18-21H,1-4,7-10,13-16H2. The number of hydrogen-bond donors (Lipinski definition) is 0. The maximum atomic E-state index is 12.8. The number of nitrogens with zero attached hydrogens (tertiary/aromatic N) is 2. The van der Waals surface area contributed by atoms with Gasteiger partial charge >= 0.3 is 0 Å². The van der Waals surface area contributed by atoms with Crippen LogP contribution in [0.25, 0.3) is 0 Å². The second-order valence-electron chi connectivity index (χ2n) is 9.11. The van der Waals surface area contributed by atoms with Gasteiger partial charge < -0.3 is 14.5 Å². The average Bonchev–Trinajstić information content (AvgIpc) is 3.60. The third kappa shape index (κ3) is 4.01. The van der Waals surface area contributed by atoms with Crippen molar-refractivity contribution in [3.63, 3.8) is 0 Å². The summed E-state index contributed by atoms with van der Waals surface area (Å²) in [5.41, 5.74) is 0.810. The van der Waals surface area contributed by atoms with Gasteiger partial charge in [0.15, 0.2) is 0 Å². The number of carbonyl (C=O) groups is 1. The number of hydrogen-bond acceptors (Lipinski definition) is 3. The minimum Gasteiger partial charge on any atom is -0.494 e. The predicted molar refractivity (Wildman–Crippen MR) is 106 cm³/mol. The van der Waals surface area contributed by atoms with E-state index < -0.39 is 0 Å². The molecule has 1 aromatic carbocycles. The molecule has 3 saturated carbocycles. The van der Waals surface area contributed by atoms with Gasteiger partial charge in [-0.3, -0.25) is 4.79 Å². The van der Waals surface area contributed by atoms with E-state index in [-0.39, 0.29) is 5.91 Å². The van der Waals surface area contributed by atoms with Crippen molar-refractivity contribution in [2.75, 3.05) is 26.2 Å². The van der Waals surface area contributed by atoms with E-state index in [1.165, 1.54) is 58.0 Å². The summed E-state index contributed by atoms with van der Waals surface area (Å²) < 4.78 is 5.92. The van der Waals surface area contributed by atoms with Crippen LogP contribution < -0.4 is 4.74 Å². The molecule has 0 aromatic heterocycles. The summed E-state index contributed by atoms with van der Waals surface area (Å²) in [6, 6.07) is 8.82. The molecule has 5 rings (SSSR count). The van der Waals surface area contributed by atoms with Crippen LogP contribution in [-0.4, -0.2) is 54.0 Å². The fourth-order valence-corrected chi connectivity index (χ4v) is 5.17. The third-order valence-electron chi connectivity index (χ3n) is 6.91. The summed E-state index contributed by atoms with van der Waals surface area (Å²) in [7, 11) is 0. The Hall–Kier alpha value is -1.55. The first kappa shape index (κ1) is 17.5. The van der Waals surface area contributed by atoms with Crippen molar-refractivity contribution in [3.8, 4) is 5.75 Å². The molecule has 4 aliphatic rings. The molecule has 0 N–H and O–H groups in total. The predicted octanol–water partition coefficient (Wildman–Crippen LogP) is 3.95. The molecule has 27 heavy (non-hydrogen) atoms. The van der Waals surface area contributed by atoms with Crippen LogP contribution in [0.15, 0.2) is 24.3 Å². The van der Waals surface area contributed by atoms with Gasteiger partial charge in [0, 0.05) is 37.3 Å². The SMILES string of the molecule is O=C(c1ccc(OCCCN2CC3CCCC3C2)cc1)N(C1CC1)C1CC1. The highest BCUT2D eigenvalue weighted by molar-refractivity contribution is 5.95. The topological polar surface area (TPSA) is 32.8 Å². The van der Waals surface area contributed by atoms with Gasteiger partial charge in [0.25, 0.3) is 5.91 Å². The molecular weight excluding hydrogens is 336 g/mol. The maximum Gasteiger partial charge on any atom is 0.254 e. The van der Waals surface area contributed by atoms with E-state index in [0.29, 0.717) is 12.1 Å². The zero-order valence-corrected chi connectivity index (χ0v) is 16.3. The van der Waals surface area contributed by atoms with Crippen molar-refractivity contribution in [1.82, 2.24) is 9.80 Å². The van der Waals surface area contributed by atoms with Crippen LogP contribution in [0, 0.1) is 11.8 Å². The van der Waals surface area contributed by atoms with Gasteiger partial charge in [0.05, 0.1) is 6.61 Å². The monoisotopic (exact) mass is 368 g/mol. The fraction of sp³-hybridized carbons (Fsp3) is 0.696. The molecule has 0 radical (unpaired) electrons. The second kappa shape index (κ2) is 7.46. The van der Waals surface area contributed by atoms with E-state index in [2.05, 4.69) is 9.80 Å². The molecule has 0 bridgehead atoms. The van der Waals surface area contributed by atoms with Crippen LogP contribution in [-0.2, 0) is 0 Å². The molecule has 1 saturated heterocycles. The van der Waals surface area contributed by atoms with E-state index in [9.17, 15) is 4.79 Å². The molecule has 2 unspecified atom stereocenters. The highest BCUT2D eigenvalue weighted by Crippen LogP contribution is 2.39. The molecule has 4 fully saturated rings. The van der Waals surface area contributed by atoms with E-state index in [1.54, 1.807) is 0 Å². The summed E-state index contributed by atoms with van der Waals surface area (Å²) >= 11 is 0. The molecule has 0 spiro atoms. The molecule has 3 aliphatic carbocycles. The maximum absolute atomic E-state index is 12.8. The zero-order chi connectivity index (χ0) is 18.2. The fourth-order valence-electron chi connectivity index (χ4n) is 5.17. The summed E-state index contributed by atoms with van der Waals surface area (Å²) in [5, 5.41) is 0. The molecule has 1 aromatic rings. The van der Waals surface area contributed by atoms with Crippen molar-refractivity contribution >= 4 is 5.91 Å². The van der Waals surface area contributed by atoms with Gasteiger partial charge in [-0.15, -0.1) is 0 Å². The minimum atomic E-state index is 0.214. The van der Waals surface area contributed by atoms with Gasteiger partial charge in [-0.25, -0.2) is 0 Å². The molecule has 1 amide bonds. The first-order valence-electron chi connectivity index (χ1n) is 11.1. The molecule has 146 valence electrons. The molecule has 1 aliphatic heterocycles. The molecule has 4 nitrogen and oxygen atoms in total. The Morgan fingerprint density at radius 2 is 1.59 bits per heavy atom. The Balaban J connectivity index is 1.07. The Labute approximate surface area is 162 Å². The van der Waals surface area contributed by atoms with Gasteiger partial charge in [0.2, 0.25) is 0 Å². The summed E-state index contributed by atoms with van der Waals surface area (Å²) in [5.74, 6) is 3.05. The Bertz CT molecular complexity index is 641. The van der Waals surface area contributed by atoms with Crippen molar-refractivity contribution in [1.29, 1.82) is 0 Å². The Morgan fingerprint density at radius 1 is 0.963 bits per heavy atom. The molecule has 1 heterocycles. The number of ether oxygens (including phenoxy) is 1. The van der Waals surface area contributed by atoms with E-state index in [0.717, 1.165) is 42.7 Å². The summed E-state index contributed by atoms with van der Waals surface area (Å²) in [4.78, 5) is 17.6. The van der Waals surface area contributed by atoms with Crippen LogP contribution in [0.1, 0.15) is 61.7 Å². The number of likely N-dealkylation sites (tertiary alicyclic amines) is 1. The highest BCUT2D eigenvalue weighted by atomic mass is 16.5. The van der Waals surface area contributed by atoms with E-state index in [4.69, 9.17) is 4.74 Å². The lowest BCUT2D eigenvalue weighted by atomic mass is 10.0. The van der Waals surface area contributed by atoms with Gasteiger partial charge in [-0.1, -0.05) is 6.42 Å². The lowest BCUT2D eigenvalue weighted by molar-refractivity contribution is 0.0730. The lowest BCUT2D eigenvalue weighted by Gasteiger charge is -2.22. The van der Waals surface area contributed by atoms with Gasteiger partial charge in [-0.05, 0) is 81.0 Å². The van der Waals surface area contributed by atoms with Gasteiger partial charge in [-0.2, -0.15) is 0 Å². The van der Waals surface area contributed by atoms with Crippen LogP contribution >= 0.6 is 0 Å². The summed E-state index contributed by atoms with van der Waals surface area (Å²) in [6.07, 6.45) is 10.2. The van der Waals surface area contributed by atoms with Crippen molar-refractivity contribution in [3.05, 3.63) is 29.8 Å². The highest BCUT2D eigenvalue weighted by Gasteiger charge is 2.42. The smallest absolute Gasteiger partial charge is 0.254 e. The Morgan fingerprint density at radius 3 is 2.19 bits per heavy atom. The van der Waals surface area contributed by atoms with Crippen LogP contribution in [0.5, 0.6) is 5.75 Å².